The summed E-state index contributed by atoms with van der Waals surface area (Å²) in [5.41, 5.74) is 0.455. The second kappa shape index (κ2) is 8.49. The zero-order chi connectivity index (χ0) is 17.5. The van der Waals surface area contributed by atoms with Crippen molar-refractivity contribution >= 4 is 27.9 Å². The smallest absolute Gasteiger partial charge is 0.347 e. The summed E-state index contributed by atoms with van der Waals surface area (Å²) in [6, 6.07) is 11.6. The summed E-state index contributed by atoms with van der Waals surface area (Å²) in [6.07, 6.45) is 0.822. The maximum Gasteiger partial charge on any atom is 0.347 e. The molecular formula is C18H17BrO5. The Bertz CT molecular complexity index is 742. The Morgan fingerprint density at radius 3 is 2.46 bits per heavy atom. The lowest BCUT2D eigenvalue weighted by Gasteiger charge is -2.12. The van der Waals surface area contributed by atoms with Gasteiger partial charge < -0.3 is 14.2 Å². The molecule has 0 unspecified atom stereocenters. The predicted octanol–water partition coefficient (Wildman–Crippen LogP) is 4.24. The highest BCUT2D eigenvalue weighted by atomic mass is 79.9. The van der Waals surface area contributed by atoms with Crippen LogP contribution < -0.4 is 9.47 Å². The van der Waals surface area contributed by atoms with Crippen LogP contribution >= 0.6 is 15.9 Å². The number of carbonyl (C=O) groups is 2. The van der Waals surface area contributed by atoms with Gasteiger partial charge >= 0.3 is 11.9 Å². The molecule has 2 aromatic carbocycles. The Kier molecular flexibility index (Phi) is 6.37. The molecule has 0 bridgehead atoms. The van der Waals surface area contributed by atoms with Gasteiger partial charge in [-0.25, -0.2) is 9.59 Å². The van der Waals surface area contributed by atoms with E-state index >= 15 is 0 Å². The van der Waals surface area contributed by atoms with E-state index < -0.39 is 11.9 Å². The van der Waals surface area contributed by atoms with E-state index in [0.29, 0.717) is 22.4 Å². The maximum absolute atomic E-state index is 12.5. The number of methoxy groups -OCH3 is 1. The van der Waals surface area contributed by atoms with Crippen LogP contribution in [0.1, 0.15) is 34.1 Å². The van der Waals surface area contributed by atoms with Crippen molar-refractivity contribution in [1.29, 1.82) is 0 Å². The molecule has 0 amide bonds. The zero-order valence-electron chi connectivity index (χ0n) is 13.4. The van der Waals surface area contributed by atoms with Crippen LogP contribution in [-0.2, 0) is 4.74 Å². The van der Waals surface area contributed by atoms with Crippen molar-refractivity contribution in [2.75, 3.05) is 13.7 Å². The zero-order valence-corrected chi connectivity index (χ0v) is 15.0. The fraction of sp³-hybridized carbons (Fsp3) is 0.222. The van der Waals surface area contributed by atoms with Gasteiger partial charge in [0.1, 0.15) is 22.6 Å². The minimum absolute atomic E-state index is 0.125. The second-order valence-electron chi connectivity index (χ2n) is 4.87. The topological polar surface area (TPSA) is 61.8 Å². The molecule has 0 spiro atoms. The van der Waals surface area contributed by atoms with Gasteiger partial charge in [0.25, 0.3) is 0 Å². The van der Waals surface area contributed by atoms with Gasteiger partial charge in [-0.15, -0.1) is 0 Å². The second-order valence-corrected chi connectivity index (χ2v) is 5.78. The third-order valence-electron chi connectivity index (χ3n) is 3.12. The summed E-state index contributed by atoms with van der Waals surface area (Å²) >= 11 is 3.28. The standard InChI is InChI=1S/C18H17BrO5/c1-3-10-23-15-7-5-4-6-13(15)18(21)24-16-9-8-12(19)11-14(16)17(20)22-2/h4-9,11H,3,10H2,1-2H3. The Hall–Kier alpha value is -2.34. The van der Waals surface area contributed by atoms with Crippen LogP contribution in [0.25, 0.3) is 0 Å². The number of halogens is 1. The Balaban J connectivity index is 2.29. The van der Waals surface area contributed by atoms with Gasteiger partial charge in [-0.05, 0) is 36.8 Å². The maximum atomic E-state index is 12.5. The van der Waals surface area contributed by atoms with Gasteiger partial charge in [-0.2, -0.15) is 0 Å². The number of ether oxygens (including phenoxy) is 3. The Labute approximate surface area is 148 Å². The number of hydrogen-bond donors (Lipinski definition) is 0. The molecule has 0 radical (unpaired) electrons. The summed E-state index contributed by atoms with van der Waals surface area (Å²) in [6.45, 7) is 2.47. The predicted molar refractivity (Wildman–Crippen MR) is 92.7 cm³/mol. The summed E-state index contributed by atoms with van der Waals surface area (Å²) in [5.74, 6) is -0.620. The van der Waals surface area contributed by atoms with E-state index in [1.807, 2.05) is 6.92 Å². The van der Waals surface area contributed by atoms with E-state index in [-0.39, 0.29) is 11.3 Å². The number of benzene rings is 2. The van der Waals surface area contributed by atoms with Crippen LogP contribution in [0, 0.1) is 0 Å². The van der Waals surface area contributed by atoms with E-state index in [1.165, 1.54) is 19.2 Å². The molecule has 0 fully saturated rings. The van der Waals surface area contributed by atoms with Crippen molar-refractivity contribution in [3.05, 3.63) is 58.1 Å². The van der Waals surface area contributed by atoms with Crippen molar-refractivity contribution in [2.45, 2.75) is 13.3 Å². The quantitative estimate of drug-likeness (QED) is 0.543. The summed E-state index contributed by atoms with van der Waals surface area (Å²) in [4.78, 5) is 24.3. The minimum Gasteiger partial charge on any atom is -0.493 e. The van der Waals surface area contributed by atoms with Crippen molar-refractivity contribution < 1.29 is 23.8 Å². The fourth-order valence-electron chi connectivity index (χ4n) is 1.99. The van der Waals surface area contributed by atoms with Crippen LogP contribution in [0.2, 0.25) is 0 Å². The van der Waals surface area contributed by atoms with Gasteiger partial charge in [0.05, 0.1) is 13.7 Å². The van der Waals surface area contributed by atoms with Gasteiger partial charge in [0.15, 0.2) is 0 Å². The van der Waals surface area contributed by atoms with Crippen molar-refractivity contribution in [3.8, 4) is 11.5 Å². The van der Waals surface area contributed by atoms with Crippen LogP contribution in [0.15, 0.2) is 46.9 Å². The molecule has 0 saturated heterocycles. The molecule has 0 aromatic heterocycles. The monoisotopic (exact) mass is 392 g/mol. The lowest BCUT2D eigenvalue weighted by Crippen LogP contribution is -2.14. The van der Waals surface area contributed by atoms with Crippen LogP contribution in [-0.4, -0.2) is 25.7 Å². The van der Waals surface area contributed by atoms with Crippen molar-refractivity contribution in [1.82, 2.24) is 0 Å². The highest BCUT2D eigenvalue weighted by molar-refractivity contribution is 9.10. The average Bonchev–Trinajstić information content (AvgIpc) is 2.60. The number of esters is 2. The van der Waals surface area contributed by atoms with Crippen molar-refractivity contribution in [2.24, 2.45) is 0 Å². The molecule has 0 atom stereocenters. The van der Waals surface area contributed by atoms with Crippen molar-refractivity contribution in [3.63, 3.8) is 0 Å². The lowest BCUT2D eigenvalue weighted by atomic mass is 10.2. The first-order valence-corrected chi connectivity index (χ1v) is 8.18. The van der Waals surface area contributed by atoms with Gasteiger partial charge in [0.2, 0.25) is 0 Å². The Morgan fingerprint density at radius 2 is 1.75 bits per heavy atom. The van der Waals surface area contributed by atoms with Crippen LogP contribution in [0.3, 0.4) is 0 Å². The first kappa shape index (κ1) is 18.0. The van der Waals surface area contributed by atoms with Crippen LogP contribution in [0.5, 0.6) is 11.5 Å². The molecule has 24 heavy (non-hydrogen) atoms. The van der Waals surface area contributed by atoms with E-state index in [1.54, 1.807) is 30.3 Å². The largest absolute Gasteiger partial charge is 0.493 e. The first-order valence-electron chi connectivity index (χ1n) is 7.38. The summed E-state index contributed by atoms with van der Waals surface area (Å²) in [5, 5.41) is 0. The highest BCUT2D eigenvalue weighted by Crippen LogP contribution is 2.26. The minimum atomic E-state index is -0.603. The summed E-state index contributed by atoms with van der Waals surface area (Å²) < 4.78 is 16.3. The molecule has 0 saturated carbocycles. The molecule has 0 aliphatic rings. The third kappa shape index (κ3) is 4.35. The highest BCUT2D eigenvalue weighted by Gasteiger charge is 2.19. The lowest BCUT2D eigenvalue weighted by molar-refractivity contribution is 0.0593. The number of hydrogen-bond acceptors (Lipinski definition) is 5. The van der Waals surface area contributed by atoms with E-state index in [9.17, 15) is 9.59 Å². The van der Waals surface area contributed by atoms with Gasteiger partial charge in [0, 0.05) is 4.47 Å². The molecule has 126 valence electrons. The molecule has 0 N–H and O–H groups in total. The molecular weight excluding hydrogens is 376 g/mol. The van der Waals surface area contributed by atoms with Gasteiger partial charge in [-0.1, -0.05) is 35.0 Å². The number of carbonyl (C=O) groups excluding carboxylic acids is 2. The van der Waals surface area contributed by atoms with E-state index in [4.69, 9.17) is 14.2 Å². The Morgan fingerprint density at radius 1 is 1.00 bits per heavy atom. The molecule has 6 heteroatoms. The SMILES string of the molecule is CCCOc1ccccc1C(=O)Oc1ccc(Br)cc1C(=O)OC. The average molecular weight is 393 g/mol. The third-order valence-corrected chi connectivity index (χ3v) is 3.61. The van der Waals surface area contributed by atoms with E-state index in [2.05, 4.69) is 15.9 Å². The normalized spacial score (nSPS) is 10.1. The van der Waals surface area contributed by atoms with E-state index in [0.717, 1.165) is 6.42 Å². The summed E-state index contributed by atoms with van der Waals surface area (Å²) in [7, 11) is 1.27. The molecule has 2 rings (SSSR count). The molecule has 0 aliphatic carbocycles. The van der Waals surface area contributed by atoms with Crippen LogP contribution in [0.4, 0.5) is 0 Å². The molecule has 2 aromatic rings. The number of para-hydroxylation sites is 1. The number of rotatable bonds is 6. The molecule has 5 nitrogen and oxygen atoms in total. The first-order chi connectivity index (χ1) is 11.6. The molecule has 0 heterocycles. The molecule has 0 aliphatic heterocycles. The fourth-order valence-corrected chi connectivity index (χ4v) is 2.35. The van der Waals surface area contributed by atoms with Gasteiger partial charge in [-0.3, -0.25) is 0 Å².